The molecule has 0 aromatic carbocycles. The highest BCUT2D eigenvalue weighted by molar-refractivity contribution is 6.30. The van der Waals surface area contributed by atoms with Crippen LogP contribution in [0.3, 0.4) is 0 Å². The predicted molar refractivity (Wildman–Crippen MR) is 165 cm³/mol. The van der Waals surface area contributed by atoms with E-state index in [1.165, 1.54) is 25.7 Å². The van der Waals surface area contributed by atoms with Gasteiger partial charge in [0.05, 0.1) is 27.4 Å². The Balaban J connectivity index is 1.50. The number of nitrogens with one attached hydrogen (secondary N) is 2. The van der Waals surface area contributed by atoms with Gasteiger partial charge in [0.2, 0.25) is 11.9 Å². The summed E-state index contributed by atoms with van der Waals surface area (Å²) in [6.07, 6.45) is 8.37. The molecular formula is C31H41ClN8O3. The molecule has 1 saturated carbocycles. The zero-order chi connectivity index (χ0) is 30.2. The molecule has 11 nitrogen and oxygen atoms in total. The number of amides is 2. The zero-order valence-corrected chi connectivity index (χ0v) is 26.1. The van der Waals surface area contributed by atoms with Crippen molar-refractivity contribution in [2.75, 3.05) is 18.0 Å². The molecule has 3 aliphatic rings. The van der Waals surface area contributed by atoms with Crippen molar-refractivity contribution in [1.82, 2.24) is 35.2 Å². The number of pyridine rings is 2. The second kappa shape index (κ2) is 12.3. The van der Waals surface area contributed by atoms with E-state index >= 15 is 0 Å². The van der Waals surface area contributed by atoms with E-state index in [4.69, 9.17) is 26.4 Å². The minimum atomic E-state index is -0.623. The van der Waals surface area contributed by atoms with Crippen molar-refractivity contribution in [1.29, 1.82) is 0 Å². The van der Waals surface area contributed by atoms with E-state index in [9.17, 15) is 9.59 Å². The van der Waals surface area contributed by atoms with Gasteiger partial charge in [0.1, 0.15) is 0 Å². The Labute approximate surface area is 257 Å². The van der Waals surface area contributed by atoms with E-state index in [1.807, 2.05) is 24.0 Å². The van der Waals surface area contributed by atoms with E-state index in [-0.39, 0.29) is 18.0 Å². The molecular weight excluding hydrogens is 568 g/mol. The predicted octanol–water partition coefficient (Wildman–Crippen LogP) is 5.44. The standard InChI is InChI=1S/C31H41ClN8O3/c1-5-6-26(41)38-15-19(3)40(20(4)16-38)30-35-24-12-25(29-36-31(42)43-37-29)34-27(22-11-23(32)14-33-13-22)28(24)39(30)17-21-9-7-18(2)8-10-21/h11-14,18-21,29,37H,5-10,15-17H2,1-4H3,(H,36,42)/t18?,19-,20-,21?,29?/m1/s1. The Hall–Kier alpha value is -3.44. The lowest BCUT2D eigenvalue weighted by atomic mass is 9.83. The molecule has 43 heavy (non-hydrogen) atoms. The van der Waals surface area contributed by atoms with E-state index in [0.717, 1.165) is 41.4 Å². The van der Waals surface area contributed by atoms with E-state index < -0.39 is 12.3 Å². The fourth-order valence-corrected chi connectivity index (χ4v) is 7.08. The summed E-state index contributed by atoms with van der Waals surface area (Å²) in [5.41, 5.74) is 6.45. The normalized spacial score (nSPS) is 26.1. The lowest BCUT2D eigenvalue weighted by Crippen LogP contribution is -2.59. The number of carbonyl (C=O) groups excluding carboxylic acids is 2. The second-order valence-corrected chi connectivity index (χ2v) is 13.0. The molecule has 1 unspecified atom stereocenters. The van der Waals surface area contributed by atoms with Crippen LogP contribution in [-0.2, 0) is 16.2 Å². The average Bonchev–Trinajstić information content (AvgIpc) is 3.57. The van der Waals surface area contributed by atoms with E-state index in [2.05, 4.69) is 46.0 Å². The molecule has 3 atom stereocenters. The van der Waals surface area contributed by atoms with Crippen molar-refractivity contribution in [3.63, 3.8) is 0 Å². The van der Waals surface area contributed by atoms with Gasteiger partial charge in [0.25, 0.3) is 0 Å². The Morgan fingerprint density at radius 1 is 1.07 bits per heavy atom. The third-order valence-corrected chi connectivity index (χ3v) is 9.28. The number of imidazole rings is 1. The van der Waals surface area contributed by atoms with E-state index in [1.54, 1.807) is 12.4 Å². The van der Waals surface area contributed by atoms with Crippen LogP contribution in [0.5, 0.6) is 0 Å². The molecule has 1 aliphatic carbocycles. The molecule has 3 fully saturated rings. The van der Waals surface area contributed by atoms with Gasteiger partial charge in [-0.3, -0.25) is 15.1 Å². The molecule has 0 bridgehead atoms. The van der Waals surface area contributed by atoms with E-state index in [0.29, 0.717) is 41.8 Å². The van der Waals surface area contributed by atoms with Gasteiger partial charge in [-0.05, 0) is 57.1 Å². The lowest BCUT2D eigenvalue weighted by molar-refractivity contribution is -0.132. The molecule has 230 valence electrons. The Bertz CT molecular complexity index is 1490. The van der Waals surface area contributed by atoms with Gasteiger partial charge in [-0.25, -0.2) is 14.8 Å². The van der Waals surface area contributed by atoms with Gasteiger partial charge in [-0.1, -0.05) is 38.3 Å². The minimum Gasteiger partial charge on any atom is -0.351 e. The minimum absolute atomic E-state index is 0.0689. The largest absolute Gasteiger partial charge is 0.427 e. The van der Waals surface area contributed by atoms with Crippen LogP contribution in [0, 0.1) is 11.8 Å². The molecule has 2 aliphatic heterocycles. The van der Waals surface area contributed by atoms with Crippen LogP contribution in [0.4, 0.5) is 10.7 Å². The Morgan fingerprint density at radius 2 is 1.81 bits per heavy atom. The van der Waals surface area contributed by atoms with Crippen molar-refractivity contribution in [3.05, 3.63) is 35.2 Å². The van der Waals surface area contributed by atoms with Crippen LogP contribution in [-0.4, -0.2) is 61.6 Å². The van der Waals surface area contributed by atoms with Crippen LogP contribution in [0.15, 0.2) is 24.5 Å². The first-order valence-electron chi connectivity index (χ1n) is 15.5. The topological polar surface area (TPSA) is 118 Å². The zero-order valence-electron chi connectivity index (χ0n) is 25.3. The maximum absolute atomic E-state index is 12.9. The Morgan fingerprint density at radius 3 is 2.47 bits per heavy atom. The van der Waals surface area contributed by atoms with Crippen LogP contribution in [0.1, 0.15) is 78.1 Å². The number of aromatic nitrogens is 4. The fraction of sp³-hybridized carbons (Fsp3) is 0.581. The average molecular weight is 609 g/mol. The van der Waals surface area contributed by atoms with Crippen molar-refractivity contribution < 1.29 is 14.4 Å². The molecule has 5 heterocycles. The van der Waals surface area contributed by atoms with Crippen molar-refractivity contribution >= 4 is 40.6 Å². The highest BCUT2D eigenvalue weighted by atomic mass is 35.5. The first-order valence-corrected chi connectivity index (χ1v) is 15.9. The molecule has 3 aromatic rings. The highest BCUT2D eigenvalue weighted by Crippen LogP contribution is 2.38. The number of carbonyl (C=O) groups is 2. The Kier molecular flexibility index (Phi) is 8.46. The van der Waals surface area contributed by atoms with Gasteiger partial charge in [-0.15, -0.1) is 5.48 Å². The van der Waals surface area contributed by atoms with Gasteiger partial charge in [-0.2, -0.15) is 0 Å². The quantitative estimate of drug-likeness (QED) is 0.364. The first kappa shape index (κ1) is 29.6. The lowest BCUT2D eigenvalue weighted by Gasteiger charge is -2.45. The maximum atomic E-state index is 12.9. The number of anilines is 1. The maximum Gasteiger partial charge on any atom is 0.427 e. The smallest absolute Gasteiger partial charge is 0.351 e. The molecule has 12 heteroatoms. The third kappa shape index (κ3) is 6.02. The number of hydroxylamine groups is 1. The second-order valence-electron chi connectivity index (χ2n) is 12.5. The van der Waals surface area contributed by atoms with Crippen molar-refractivity contribution in [2.45, 2.75) is 91.0 Å². The number of nitrogens with zero attached hydrogens (tertiary/aromatic N) is 6. The molecule has 2 amide bonds. The SMILES string of the molecule is CCCC(=O)N1C[C@@H](C)N(c2nc3cc(C4NOC(=O)N4)nc(-c4cncc(Cl)c4)c3n2CC2CCC(C)CC2)[C@H](C)C1. The van der Waals surface area contributed by atoms with Crippen LogP contribution < -0.4 is 15.7 Å². The van der Waals surface area contributed by atoms with Gasteiger partial charge in [0, 0.05) is 56.1 Å². The van der Waals surface area contributed by atoms with Gasteiger partial charge >= 0.3 is 6.09 Å². The van der Waals surface area contributed by atoms with Crippen molar-refractivity contribution in [2.24, 2.45) is 11.8 Å². The fourth-order valence-electron chi connectivity index (χ4n) is 6.91. The highest BCUT2D eigenvalue weighted by Gasteiger charge is 2.36. The molecule has 2 saturated heterocycles. The van der Waals surface area contributed by atoms with Gasteiger partial charge in [0.15, 0.2) is 6.17 Å². The number of rotatable bonds is 7. The summed E-state index contributed by atoms with van der Waals surface area (Å²) in [5, 5.41) is 3.27. The number of piperazine rings is 1. The summed E-state index contributed by atoms with van der Waals surface area (Å²) >= 11 is 6.43. The molecule has 2 N–H and O–H groups in total. The van der Waals surface area contributed by atoms with Crippen LogP contribution in [0.2, 0.25) is 5.02 Å². The number of fused-ring (bicyclic) bond motifs is 1. The summed E-state index contributed by atoms with van der Waals surface area (Å²) < 4.78 is 2.34. The summed E-state index contributed by atoms with van der Waals surface area (Å²) in [4.78, 5) is 48.8. The summed E-state index contributed by atoms with van der Waals surface area (Å²) in [5.74, 6) is 2.35. The number of hydrogen-bond acceptors (Lipinski definition) is 8. The summed E-state index contributed by atoms with van der Waals surface area (Å²) in [6, 6.07) is 3.92. The van der Waals surface area contributed by atoms with Crippen molar-refractivity contribution in [3.8, 4) is 11.3 Å². The monoisotopic (exact) mass is 608 g/mol. The molecule has 3 aromatic heterocycles. The number of halogens is 1. The third-order valence-electron chi connectivity index (χ3n) is 9.07. The molecule has 0 radical (unpaired) electrons. The first-order chi connectivity index (χ1) is 20.7. The van der Waals surface area contributed by atoms with Crippen LogP contribution >= 0.6 is 11.6 Å². The summed E-state index contributed by atoms with van der Waals surface area (Å²) in [7, 11) is 0. The molecule has 6 rings (SSSR count). The summed E-state index contributed by atoms with van der Waals surface area (Å²) in [6.45, 7) is 10.9. The van der Waals surface area contributed by atoms with Gasteiger partial charge < -0.3 is 19.2 Å². The number of hydrogen-bond donors (Lipinski definition) is 2. The van der Waals surface area contributed by atoms with Crippen LogP contribution in [0.25, 0.3) is 22.3 Å². The molecule has 0 spiro atoms.